The molecule has 1 aromatic rings. The van der Waals surface area contributed by atoms with Gasteiger partial charge in [0.1, 0.15) is 0 Å². The van der Waals surface area contributed by atoms with Crippen LogP contribution in [0.5, 0.6) is 0 Å². The Morgan fingerprint density at radius 1 is 1.31 bits per heavy atom. The van der Waals surface area contributed by atoms with E-state index in [4.69, 9.17) is 16.3 Å². The van der Waals surface area contributed by atoms with Gasteiger partial charge in [0.25, 0.3) is 0 Å². The summed E-state index contributed by atoms with van der Waals surface area (Å²) >= 11 is 5.86. The maximum absolute atomic E-state index is 11.0. The molecule has 0 amide bonds. The number of carbonyl (C=O) groups excluding carboxylic acids is 1. The predicted molar refractivity (Wildman–Crippen MR) is 64.5 cm³/mol. The largest absolute Gasteiger partial charge is 0.380 e. The highest BCUT2D eigenvalue weighted by atomic mass is 35.5. The highest BCUT2D eigenvalue weighted by molar-refractivity contribution is 6.31. The summed E-state index contributed by atoms with van der Waals surface area (Å²) in [5, 5.41) is 0.594. The Bertz CT molecular complexity index is 373. The third-order valence-corrected chi connectivity index (χ3v) is 2.91. The molecule has 3 nitrogen and oxygen atoms in total. The van der Waals surface area contributed by atoms with E-state index >= 15 is 0 Å². The minimum absolute atomic E-state index is 0.594. The number of hydrogen-bond acceptors (Lipinski definition) is 3. The fourth-order valence-corrected chi connectivity index (χ4v) is 2.08. The Balaban J connectivity index is 2.26. The smallest absolute Gasteiger partial charge is 0.152 e. The van der Waals surface area contributed by atoms with Crippen LogP contribution in [-0.4, -0.2) is 32.6 Å². The molecule has 1 aromatic carbocycles. The first-order valence-corrected chi connectivity index (χ1v) is 5.76. The van der Waals surface area contributed by atoms with E-state index in [2.05, 4.69) is 4.90 Å². The molecular weight excluding hydrogens is 226 g/mol. The van der Waals surface area contributed by atoms with Gasteiger partial charge in [-0.25, -0.2) is 0 Å². The molecule has 0 aromatic heterocycles. The maximum Gasteiger partial charge on any atom is 0.152 e. The molecule has 1 saturated heterocycles. The summed E-state index contributed by atoms with van der Waals surface area (Å²) in [6.07, 6.45) is 1.84. The van der Waals surface area contributed by atoms with E-state index < -0.39 is 0 Å². The van der Waals surface area contributed by atoms with Crippen LogP contribution in [-0.2, 0) is 4.74 Å². The number of rotatable bonds is 2. The van der Waals surface area contributed by atoms with Gasteiger partial charge in [0.15, 0.2) is 6.29 Å². The molecule has 0 aliphatic carbocycles. The van der Waals surface area contributed by atoms with Crippen molar-refractivity contribution in [3.8, 4) is 0 Å². The standard InChI is InChI=1S/C12H14ClNO2/c13-11-2-3-12(10(8-11)9-15)14-4-1-6-16-7-5-14/h2-3,8-9H,1,4-7H2. The molecule has 0 saturated carbocycles. The van der Waals surface area contributed by atoms with Crippen molar-refractivity contribution in [2.45, 2.75) is 6.42 Å². The zero-order chi connectivity index (χ0) is 11.4. The average molecular weight is 240 g/mol. The number of ether oxygens (including phenoxy) is 1. The van der Waals surface area contributed by atoms with Crippen LogP contribution in [0.1, 0.15) is 16.8 Å². The lowest BCUT2D eigenvalue weighted by Crippen LogP contribution is -2.26. The van der Waals surface area contributed by atoms with Crippen LogP contribution in [0.25, 0.3) is 0 Å². The summed E-state index contributed by atoms with van der Waals surface area (Å²) in [4.78, 5) is 13.2. The first kappa shape index (κ1) is 11.4. The number of anilines is 1. The van der Waals surface area contributed by atoms with E-state index in [0.29, 0.717) is 17.2 Å². The van der Waals surface area contributed by atoms with E-state index in [-0.39, 0.29) is 0 Å². The molecule has 1 aliphatic heterocycles. The Morgan fingerprint density at radius 2 is 2.19 bits per heavy atom. The molecule has 0 N–H and O–H groups in total. The molecular formula is C12H14ClNO2. The molecule has 0 bridgehead atoms. The summed E-state index contributed by atoms with van der Waals surface area (Å²) in [7, 11) is 0. The zero-order valence-electron chi connectivity index (χ0n) is 8.99. The van der Waals surface area contributed by atoms with Gasteiger partial charge in [0, 0.05) is 36.0 Å². The first-order valence-electron chi connectivity index (χ1n) is 5.38. The van der Waals surface area contributed by atoms with Crippen LogP contribution in [0.2, 0.25) is 5.02 Å². The van der Waals surface area contributed by atoms with Crippen LogP contribution >= 0.6 is 11.6 Å². The lowest BCUT2D eigenvalue weighted by Gasteiger charge is -2.23. The third-order valence-electron chi connectivity index (χ3n) is 2.68. The number of aldehydes is 1. The lowest BCUT2D eigenvalue weighted by atomic mass is 10.1. The molecule has 1 fully saturated rings. The van der Waals surface area contributed by atoms with Crippen molar-refractivity contribution in [2.24, 2.45) is 0 Å². The van der Waals surface area contributed by atoms with Gasteiger partial charge in [0.05, 0.1) is 6.61 Å². The van der Waals surface area contributed by atoms with Crippen molar-refractivity contribution in [2.75, 3.05) is 31.2 Å². The topological polar surface area (TPSA) is 29.5 Å². The van der Waals surface area contributed by atoms with Crippen molar-refractivity contribution in [1.29, 1.82) is 0 Å². The van der Waals surface area contributed by atoms with Crippen molar-refractivity contribution in [1.82, 2.24) is 0 Å². The van der Waals surface area contributed by atoms with Crippen LogP contribution in [0.15, 0.2) is 18.2 Å². The number of halogens is 1. The van der Waals surface area contributed by atoms with Gasteiger partial charge in [-0.2, -0.15) is 0 Å². The van der Waals surface area contributed by atoms with Gasteiger partial charge in [-0.3, -0.25) is 4.79 Å². The zero-order valence-corrected chi connectivity index (χ0v) is 9.74. The quantitative estimate of drug-likeness (QED) is 0.743. The molecule has 0 atom stereocenters. The SMILES string of the molecule is O=Cc1cc(Cl)ccc1N1CCCOCC1. The monoisotopic (exact) mass is 239 g/mol. The second-order valence-electron chi connectivity index (χ2n) is 3.77. The summed E-state index contributed by atoms with van der Waals surface area (Å²) in [6.45, 7) is 3.24. The molecule has 0 radical (unpaired) electrons. The molecule has 16 heavy (non-hydrogen) atoms. The molecule has 1 heterocycles. The van der Waals surface area contributed by atoms with Gasteiger partial charge in [0.2, 0.25) is 0 Å². The van der Waals surface area contributed by atoms with Crippen LogP contribution < -0.4 is 4.90 Å². The van der Waals surface area contributed by atoms with Crippen LogP contribution in [0.4, 0.5) is 5.69 Å². The van der Waals surface area contributed by atoms with E-state index in [1.54, 1.807) is 6.07 Å². The van der Waals surface area contributed by atoms with Gasteiger partial charge in [-0.1, -0.05) is 11.6 Å². The second kappa shape index (κ2) is 5.32. The Hall–Kier alpha value is -1.06. The van der Waals surface area contributed by atoms with Gasteiger partial charge in [-0.15, -0.1) is 0 Å². The Morgan fingerprint density at radius 3 is 3.00 bits per heavy atom. The normalized spacial score (nSPS) is 16.9. The summed E-state index contributed by atoms with van der Waals surface area (Å²) in [5.41, 5.74) is 1.60. The average Bonchev–Trinajstić information content (AvgIpc) is 2.57. The molecule has 0 unspecified atom stereocenters. The first-order chi connectivity index (χ1) is 7.81. The fourth-order valence-electron chi connectivity index (χ4n) is 1.89. The number of benzene rings is 1. The van der Waals surface area contributed by atoms with Crippen molar-refractivity contribution >= 4 is 23.6 Å². The van der Waals surface area contributed by atoms with E-state index in [1.807, 2.05) is 12.1 Å². The second-order valence-corrected chi connectivity index (χ2v) is 4.21. The summed E-state index contributed by atoms with van der Waals surface area (Å²) in [5.74, 6) is 0. The molecule has 2 rings (SSSR count). The molecule has 4 heteroatoms. The van der Waals surface area contributed by atoms with Gasteiger partial charge in [-0.05, 0) is 24.6 Å². The minimum atomic E-state index is 0.594. The van der Waals surface area contributed by atoms with Crippen LogP contribution in [0.3, 0.4) is 0 Å². The summed E-state index contributed by atoms with van der Waals surface area (Å²) in [6, 6.07) is 5.42. The summed E-state index contributed by atoms with van der Waals surface area (Å²) < 4.78 is 5.39. The van der Waals surface area contributed by atoms with Gasteiger partial charge < -0.3 is 9.64 Å². The molecule has 86 valence electrons. The Labute approximate surface area is 100.0 Å². The number of nitrogens with zero attached hydrogens (tertiary/aromatic N) is 1. The predicted octanol–water partition coefficient (Wildman–Crippen LogP) is 2.38. The van der Waals surface area contributed by atoms with Crippen molar-refractivity contribution in [3.63, 3.8) is 0 Å². The lowest BCUT2D eigenvalue weighted by molar-refractivity contribution is 0.112. The highest BCUT2D eigenvalue weighted by Gasteiger charge is 2.13. The van der Waals surface area contributed by atoms with Crippen molar-refractivity contribution in [3.05, 3.63) is 28.8 Å². The van der Waals surface area contributed by atoms with E-state index in [0.717, 1.165) is 38.1 Å². The molecule has 1 aliphatic rings. The number of carbonyl (C=O) groups is 1. The Kier molecular flexibility index (Phi) is 3.80. The van der Waals surface area contributed by atoms with Crippen LogP contribution in [0, 0.1) is 0 Å². The van der Waals surface area contributed by atoms with E-state index in [9.17, 15) is 4.79 Å². The maximum atomic E-state index is 11.0. The minimum Gasteiger partial charge on any atom is -0.380 e. The molecule has 0 spiro atoms. The fraction of sp³-hybridized carbons (Fsp3) is 0.417. The van der Waals surface area contributed by atoms with Crippen molar-refractivity contribution < 1.29 is 9.53 Å². The highest BCUT2D eigenvalue weighted by Crippen LogP contribution is 2.23. The van der Waals surface area contributed by atoms with Gasteiger partial charge >= 0.3 is 0 Å². The third kappa shape index (κ3) is 2.54. The number of hydrogen-bond donors (Lipinski definition) is 0. The van der Waals surface area contributed by atoms with E-state index in [1.165, 1.54) is 0 Å².